The molecule has 0 spiro atoms. The van der Waals surface area contributed by atoms with Gasteiger partial charge in [-0.05, 0) is 49.3 Å². The van der Waals surface area contributed by atoms with Gasteiger partial charge >= 0.3 is 0 Å². The zero-order valence-electron chi connectivity index (χ0n) is 19.2. The fourth-order valence-electron chi connectivity index (χ4n) is 4.83. The molecule has 4 N–H and O–H groups in total. The summed E-state index contributed by atoms with van der Waals surface area (Å²) in [5.74, 6) is -0.660. The maximum atomic E-state index is 13.7. The summed E-state index contributed by atoms with van der Waals surface area (Å²) >= 11 is 1.50. The van der Waals surface area contributed by atoms with Crippen molar-refractivity contribution in [1.29, 1.82) is 0 Å². The molecule has 2 saturated carbocycles. The molecule has 188 valence electrons. The number of aliphatic hydroxyl groups excluding tert-OH is 3. The van der Waals surface area contributed by atoms with E-state index in [1.807, 2.05) is 0 Å². The maximum absolute atomic E-state index is 13.7. The third-order valence-corrected chi connectivity index (χ3v) is 7.86. The molecule has 2 aliphatic rings. The number of anilines is 1. The second-order valence-corrected chi connectivity index (χ2v) is 10.3. The zero-order valence-corrected chi connectivity index (χ0v) is 20.0. The second-order valence-electron chi connectivity index (χ2n) is 9.23. The maximum Gasteiger partial charge on any atom is 0.191 e. The van der Waals surface area contributed by atoms with Crippen LogP contribution in [0.5, 0.6) is 0 Å². The number of nitrogens with zero attached hydrogens (tertiary/aromatic N) is 5. The summed E-state index contributed by atoms with van der Waals surface area (Å²) in [6.45, 7) is 1.98. The van der Waals surface area contributed by atoms with E-state index >= 15 is 0 Å². The number of fused-ring (bicyclic) bond motifs is 1. The summed E-state index contributed by atoms with van der Waals surface area (Å²) in [4.78, 5) is 9.29. The number of halogens is 2. The van der Waals surface area contributed by atoms with Crippen LogP contribution in [-0.2, 0) is 0 Å². The number of benzene rings is 1. The highest BCUT2D eigenvalue weighted by Crippen LogP contribution is 2.44. The number of hydrogen-bond donors (Lipinski definition) is 4. The molecule has 2 aromatic heterocycles. The Bertz CT molecular complexity index is 1210. The zero-order chi connectivity index (χ0) is 24.7. The lowest BCUT2D eigenvalue weighted by Crippen LogP contribution is -2.30. The SMILES string of the molecule is CCCSc1nc(NC2CC2c2ccc(F)c(F)c2)c2nnn([C@@H]3C[C@H](CCO)[C@@H](O)[C@H]3O)c2n1. The van der Waals surface area contributed by atoms with Gasteiger partial charge in [0.1, 0.15) is 6.10 Å². The number of thioether (sulfide) groups is 1. The topological polar surface area (TPSA) is 129 Å². The smallest absolute Gasteiger partial charge is 0.191 e. The van der Waals surface area contributed by atoms with Crippen molar-refractivity contribution in [2.45, 2.75) is 68.0 Å². The van der Waals surface area contributed by atoms with Gasteiger partial charge in [-0.1, -0.05) is 30.0 Å². The first-order valence-electron chi connectivity index (χ1n) is 11.9. The Morgan fingerprint density at radius 3 is 2.71 bits per heavy atom. The van der Waals surface area contributed by atoms with Gasteiger partial charge in [-0.25, -0.2) is 23.4 Å². The van der Waals surface area contributed by atoms with Gasteiger partial charge < -0.3 is 20.6 Å². The molecule has 5 rings (SSSR count). The first-order chi connectivity index (χ1) is 16.9. The Labute approximate surface area is 205 Å². The molecular weight excluding hydrogens is 478 g/mol. The number of nitrogens with one attached hydrogen (secondary N) is 1. The van der Waals surface area contributed by atoms with Crippen LogP contribution >= 0.6 is 11.8 Å². The van der Waals surface area contributed by atoms with E-state index < -0.39 is 29.9 Å². The van der Waals surface area contributed by atoms with Crippen molar-refractivity contribution in [3.05, 3.63) is 35.4 Å². The minimum atomic E-state index is -1.06. The monoisotopic (exact) mass is 506 g/mol. The first kappa shape index (κ1) is 24.3. The molecule has 0 bridgehead atoms. The van der Waals surface area contributed by atoms with Crippen molar-refractivity contribution >= 4 is 28.7 Å². The van der Waals surface area contributed by atoms with Crippen LogP contribution in [0.2, 0.25) is 0 Å². The van der Waals surface area contributed by atoms with Gasteiger partial charge in [0.15, 0.2) is 33.8 Å². The second kappa shape index (κ2) is 9.92. The number of rotatable bonds is 9. The van der Waals surface area contributed by atoms with Crippen LogP contribution in [-0.4, -0.2) is 70.9 Å². The number of aliphatic hydroxyl groups is 3. The molecular formula is C23H28F2N6O3S. The highest BCUT2D eigenvalue weighted by molar-refractivity contribution is 7.99. The Morgan fingerprint density at radius 2 is 1.97 bits per heavy atom. The average Bonchev–Trinajstić information content (AvgIpc) is 3.39. The lowest BCUT2D eigenvalue weighted by Gasteiger charge is -2.17. The predicted octanol–water partition coefficient (Wildman–Crippen LogP) is 2.63. The quantitative estimate of drug-likeness (QED) is 0.256. The Kier molecular flexibility index (Phi) is 6.88. The van der Waals surface area contributed by atoms with Gasteiger partial charge in [0, 0.05) is 24.3 Å². The standard InChI is InChI=1S/C23H28F2N6O3S/c1-2-7-35-23-27-21(26-16-10-13(16)11-3-4-14(24)15(25)8-11)18-22(28-23)31(30-29-18)17-9-12(5-6-32)19(33)20(17)34/h3-4,8,12-13,16-17,19-20,32-34H,2,5-7,9-10H2,1H3,(H,26,27,28)/t12-,13?,16?,17+,19+,20-/m0/s1. The van der Waals surface area contributed by atoms with E-state index in [1.54, 1.807) is 10.7 Å². The van der Waals surface area contributed by atoms with Crippen LogP contribution < -0.4 is 5.32 Å². The molecule has 6 atom stereocenters. The van der Waals surface area contributed by atoms with Crippen LogP contribution in [0.1, 0.15) is 50.1 Å². The van der Waals surface area contributed by atoms with E-state index in [0.717, 1.165) is 24.7 Å². The fourth-order valence-corrected chi connectivity index (χ4v) is 5.52. The molecule has 0 radical (unpaired) electrons. The van der Waals surface area contributed by atoms with Crippen molar-refractivity contribution in [1.82, 2.24) is 25.0 Å². The third kappa shape index (κ3) is 4.72. The number of hydrogen-bond acceptors (Lipinski definition) is 9. The molecule has 0 amide bonds. The summed E-state index contributed by atoms with van der Waals surface area (Å²) in [5.41, 5.74) is 1.61. The van der Waals surface area contributed by atoms with Gasteiger partial charge in [-0.2, -0.15) is 0 Å². The van der Waals surface area contributed by atoms with Crippen molar-refractivity contribution < 1.29 is 24.1 Å². The highest BCUT2D eigenvalue weighted by atomic mass is 32.2. The molecule has 3 aromatic rings. The van der Waals surface area contributed by atoms with Gasteiger partial charge in [0.25, 0.3) is 0 Å². The minimum absolute atomic E-state index is 0.0166. The summed E-state index contributed by atoms with van der Waals surface area (Å²) < 4.78 is 28.6. The lowest BCUT2D eigenvalue weighted by atomic mass is 10.0. The molecule has 2 unspecified atom stereocenters. The van der Waals surface area contributed by atoms with Crippen LogP contribution in [0.4, 0.5) is 14.6 Å². The van der Waals surface area contributed by atoms with E-state index in [9.17, 15) is 24.1 Å². The van der Waals surface area contributed by atoms with Crippen molar-refractivity contribution in [2.75, 3.05) is 17.7 Å². The van der Waals surface area contributed by atoms with E-state index in [4.69, 9.17) is 0 Å². The summed E-state index contributed by atoms with van der Waals surface area (Å²) in [6.07, 6.45) is 0.459. The van der Waals surface area contributed by atoms with Gasteiger partial charge in [-0.3, -0.25) is 0 Å². The molecule has 0 aliphatic heterocycles. The van der Waals surface area contributed by atoms with Crippen LogP contribution in [0, 0.1) is 17.6 Å². The molecule has 1 aromatic carbocycles. The van der Waals surface area contributed by atoms with Gasteiger partial charge in [0.2, 0.25) is 0 Å². The molecule has 35 heavy (non-hydrogen) atoms. The van der Waals surface area contributed by atoms with Crippen LogP contribution in [0.3, 0.4) is 0 Å². The summed E-state index contributed by atoms with van der Waals surface area (Å²) in [7, 11) is 0. The Morgan fingerprint density at radius 1 is 1.14 bits per heavy atom. The Balaban J connectivity index is 1.44. The van der Waals surface area contributed by atoms with Crippen LogP contribution in [0.25, 0.3) is 11.2 Å². The van der Waals surface area contributed by atoms with E-state index in [-0.39, 0.29) is 24.5 Å². The first-order valence-corrected chi connectivity index (χ1v) is 12.8. The third-order valence-electron chi connectivity index (χ3n) is 6.81. The lowest BCUT2D eigenvalue weighted by molar-refractivity contribution is 0.00107. The minimum Gasteiger partial charge on any atom is -0.396 e. The molecule has 2 fully saturated rings. The van der Waals surface area contributed by atoms with Gasteiger partial charge in [0.05, 0.1) is 12.1 Å². The largest absolute Gasteiger partial charge is 0.396 e. The van der Waals surface area contributed by atoms with E-state index in [1.165, 1.54) is 17.8 Å². The molecule has 12 heteroatoms. The molecule has 0 saturated heterocycles. The molecule has 2 heterocycles. The normalized spacial score (nSPS) is 28.1. The average molecular weight is 507 g/mol. The number of aromatic nitrogens is 5. The summed E-state index contributed by atoms with van der Waals surface area (Å²) in [5, 5.41) is 42.9. The van der Waals surface area contributed by atoms with E-state index in [2.05, 4.69) is 32.5 Å². The predicted molar refractivity (Wildman–Crippen MR) is 126 cm³/mol. The van der Waals surface area contributed by atoms with Crippen molar-refractivity contribution in [2.24, 2.45) is 5.92 Å². The highest BCUT2D eigenvalue weighted by Gasteiger charge is 2.44. The van der Waals surface area contributed by atoms with E-state index in [0.29, 0.717) is 40.5 Å². The van der Waals surface area contributed by atoms with Crippen LogP contribution in [0.15, 0.2) is 23.4 Å². The van der Waals surface area contributed by atoms with Gasteiger partial charge in [-0.15, -0.1) is 5.10 Å². The van der Waals surface area contributed by atoms with Crippen molar-refractivity contribution in [3.8, 4) is 0 Å². The fraction of sp³-hybridized carbons (Fsp3) is 0.565. The van der Waals surface area contributed by atoms with Crippen molar-refractivity contribution in [3.63, 3.8) is 0 Å². The summed E-state index contributed by atoms with van der Waals surface area (Å²) in [6, 6.07) is 3.40. The molecule has 9 nitrogen and oxygen atoms in total. The Hall–Kier alpha value is -2.41. The molecule has 2 aliphatic carbocycles.